The molecule has 1 aliphatic heterocycles. The van der Waals surface area contributed by atoms with Gasteiger partial charge >= 0.3 is 0 Å². The van der Waals surface area contributed by atoms with Crippen LogP contribution >= 0.6 is 11.3 Å². The maximum Gasteiger partial charge on any atom is 0.248 e. The van der Waals surface area contributed by atoms with Gasteiger partial charge in [-0.05, 0) is 52.6 Å². The van der Waals surface area contributed by atoms with Gasteiger partial charge in [0.05, 0.1) is 5.92 Å². The maximum absolute atomic E-state index is 11.9. The molecule has 0 bridgehead atoms. The lowest BCUT2D eigenvalue weighted by Crippen LogP contribution is -2.22. The van der Waals surface area contributed by atoms with E-state index in [1.54, 1.807) is 29.5 Å². The highest BCUT2D eigenvalue weighted by atomic mass is 32.1. The molecule has 5 nitrogen and oxygen atoms in total. The predicted octanol–water partition coefficient (Wildman–Crippen LogP) is 2.61. The van der Waals surface area contributed by atoms with E-state index in [-0.39, 0.29) is 30.1 Å². The van der Waals surface area contributed by atoms with Crippen molar-refractivity contribution in [2.75, 3.05) is 5.32 Å². The van der Waals surface area contributed by atoms with Crippen LogP contribution in [0, 0.1) is 5.92 Å². The Bertz CT molecular complexity index is 779. The number of hydrogen-bond acceptors (Lipinski definition) is 4. The van der Waals surface area contributed by atoms with Gasteiger partial charge < -0.3 is 5.32 Å². The second-order valence-corrected chi connectivity index (χ2v) is 6.37. The summed E-state index contributed by atoms with van der Waals surface area (Å²) in [5.74, 6) is -0.927. The molecule has 2 aromatic rings. The van der Waals surface area contributed by atoms with Crippen LogP contribution in [0.4, 0.5) is 5.69 Å². The van der Waals surface area contributed by atoms with Crippen molar-refractivity contribution in [3.05, 3.63) is 58.3 Å². The first kappa shape index (κ1) is 16.1. The van der Waals surface area contributed by atoms with E-state index in [0.717, 1.165) is 11.1 Å². The molecule has 1 saturated heterocycles. The van der Waals surface area contributed by atoms with Crippen LogP contribution in [0.3, 0.4) is 0 Å². The number of hydrogen-bond donors (Lipinski definition) is 2. The lowest BCUT2D eigenvalue weighted by Gasteiger charge is -2.07. The molecule has 1 aliphatic rings. The Hall–Kier alpha value is -2.73. The Labute approximate surface area is 143 Å². The number of benzene rings is 1. The number of carbonyl (C=O) groups excluding carboxylic acids is 3. The summed E-state index contributed by atoms with van der Waals surface area (Å²) in [6, 6.07) is 9.23. The van der Waals surface area contributed by atoms with Crippen LogP contribution < -0.4 is 10.6 Å². The van der Waals surface area contributed by atoms with Gasteiger partial charge in [-0.25, -0.2) is 0 Å². The minimum Gasteiger partial charge on any atom is -0.323 e. The molecule has 24 heavy (non-hydrogen) atoms. The molecule has 0 radical (unpaired) electrons. The average Bonchev–Trinajstić information content (AvgIpc) is 3.17. The third kappa shape index (κ3) is 4.17. The van der Waals surface area contributed by atoms with Gasteiger partial charge in [0.25, 0.3) is 0 Å². The average molecular weight is 340 g/mol. The molecule has 0 saturated carbocycles. The number of imide groups is 1. The Balaban J connectivity index is 1.55. The van der Waals surface area contributed by atoms with Gasteiger partial charge in [0, 0.05) is 18.2 Å². The highest BCUT2D eigenvalue weighted by Crippen LogP contribution is 2.19. The molecule has 3 rings (SSSR count). The normalized spacial score (nSPS) is 17.2. The largest absolute Gasteiger partial charge is 0.323 e. The summed E-state index contributed by atoms with van der Waals surface area (Å²) >= 11 is 1.58. The quantitative estimate of drug-likeness (QED) is 0.649. The monoisotopic (exact) mass is 340 g/mol. The van der Waals surface area contributed by atoms with Crippen molar-refractivity contribution in [3.63, 3.8) is 0 Å². The van der Waals surface area contributed by atoms with Crippen LogP contribution in [0.5, 0.6) is 0 Å². The van der Waals surface area contributed by atoms with Gasteiger partial charge in [0.1, 0.15) is 0 Å². The smallest absolute Gasteiger partial charge is 0.248 e. The van der Waals surface area contributed by atoms with Gasteiger partial charge in [-0.2, -0.15) is 11.3 Å². The Morgan fingerprint density at radius 3 is 2.67 bits per heavy atom. The number of rotatable bonds is 5. The van der Waals surface area contributed by atoms with Crippen LogP contribution in [0.15, 0.2) is 47.2 Å². The van der Waals surface area contributed by atoms with Crippen molar-refractivity contribution in [2.24, 2.45) is 5.92 Å². The summed E-state index contributed by atoms with van der Waals surface area (Å²) in [6.07, 6.45) is 4.01. The molecule has 0 aliphatic carbocycles. The van der Waals surface area contributed by atoms with E-state index in [1.807, 2.05) is 29.0 Å². The molecule has 2 heterocycles. The Kier molecular flexibility index (Phi) is 4.86. The minimum atomic E-state index is -0.300. The molecular formula is C18H16N2O3S. The molecular weight excluding hydrogens is 324 g/mol. The number of amides is 3. The zero-order chi connectivity index (χ0) is 16.9. The van der Waals surface area contributed by atoms with Crippen molar-refractivity contribution in [2.45, 2.75) is 12.8 Å². The maximum atomic E-state index is 11.9. The Morgan fingerprint density at radius 1 is 1.25 bits per heavy atom. The third-order valence-corrected chi connectivity index (χ3v) is 4.44. The summed E-state index contributed by atoms with van der Waals surface area (Å²) in [5, 5.41) is 9.01. The lowest BCUT2D eigenvalue weighted by atomic mass is 9.98. The fraction of sp³-hybridized carbons (Fsp3) is 0.167. The van der Waals surface area contributed by atoms with E-state index < -0.39 is 0 Å². The van der Waals surface area contributed by atoms with Gasteiger partial charge in [0.15, 0.2) is 0 Å². The van der Waals surface area contributed by atoms with Crippen molar-refractivity contribution >= 4 is 40.8 Å². The van der Waals surface area contributed by atoms with Gasteiger partial charge in [0.2, 0.25) is 17.7 Å². The number of nitrogens with one attached hydrogen (secondary N) is 2. The predicted molar refractivity (Wildman–Crippen MR) is 93.4 cm³/mol. The SMILES string of the molecule is O=C(/C=C/c1ccsc1)Nc1ccc(CC2CC(=O)NC2=O)cc1. The van der Waals surface area contributed by atoms with Crippen molar-refractivity contribution in [3.8, 4) is 0 Å². The van der Waals surface area contributed by atoms with E-state index in [1.165, 1.54) is 6.08 Å². The molecule has 1 atom stereocenters. The van der Waals surface area contributed by atoms with Crippen LogP contribution in [-0.4, -0.2) is 17.7 Å². The molecule has 1 fully saturated rings. The van der Waals surface area contributed by atoms with Crippen LogP contribution in [0.2, 0.25) is 0 Å². The molecule has 3 amide bonds. The fourth-order valence-corrected chi connectivity index (χ4v) is 3.13. The van der Waals surface area contributed by atoms with Gasteiger partial charge in [-0.15, -0.1) is 0 Å². The van der Waals surface area contributed by atoms with Crippen molar-refractivity contribution in [1.29, 1.82) is 0 Å². The molecule has 1 aromatic carbocycles. The first-order valence-electron chi connectivity index (χ1n) is 7.54. The van der Waals surface area contributed by atoms with E-state index in [9.17, 15) is 14.4 Å². The molecule has 2 N–H and O–H groups in total. The zero-order valence-corrected chi connectivity index (χ0v) is 13.6. The van der Waals surface area contributed by atoms with Gasteiger partial charge in [-0.3, -0.25) is 19.7 Å². The van der Waals surface area contributed by atoms with E-state index in [4.69, 9.17) is 0 Å². The molecule has 6 heteroatoms. The molecule has 1 aromatic heterocycles. The number of carbonyl (C=O) groups is 3. The standard InChI is InChI=1S/C18H16N2O3S/c21-16(6-3-13-7-8-24-11-13)19-15-4-1-12(2-5-15)9-14-10-17(22)20-18(14)23/h1-8,11,14H,9-10H2,(H,19,21)(H,20,22,23)/b6-3+. The summed E-state index contributed by atoms with van der Waals surface area (Å²) in [7, 11) is 0. The second kappa shape index (κ2) is 7.23. The summed E-state index contributed by atoms with van der Waals surface area (Å²) in [4.78, 5) is 34.6. The third-order valence-electron chi connectivity index (χ3n) is 3.74. The number of thiophene rings is 1. The molecule has 1 unspecified atom stereocenters. The lowest BCUT2D eigenvalue weighted by molar-refractivity contribution is -0.125. The van der Waals surface area contributed by atoms with Crippen LogP contribution in [-0.2, 0) is 20.8 Å². The Morgan fingerprint density at radius 2 is 2.04 bits per heavy atom. The van der Waals surface area contributed by atoms with Crippen LogP contribution in [0.25, 0.3) is 6.08 Å². The van der Waals surface area contributed by atoms with E-state index in [0.29, 0.717) is 12.1 Å². The first-order valence-corrected chi connectivity index (χ1v) is 8.48. The second-order valence-electron chi connectivity index (χ2n) is 5.59. The topological polar surface area (TPSA) is 75.3 Å². The fourth-order valence-electron chi connectivity index (χ4n) is 2.51. The highest BCUT2D eigenvalue weighted by molar-refractivity contribution is 7.08. The van der Waals surface area contributed by atoms with Crippen molar-refractivity contribution < 1.29 is 14.4 Å². The molecule has 122 valence electrons. The highest BCUT2D eigenvalue weighted by Gasteiger charge is 2.30. The number of anilines is 1. The summed E-state index contributed by atoms with van der Waals surface area (Å²) < 4.78 is 0. The zero-order valence-electron chi connectivity index (χ0n) is 12.8. The first-order chi connectivity index (χ1) is 11.6. The van der Waals surface area contributed by atoms with Gasteiger partial charge in [-0.1, -0.05) is 12.1 Å². The summed E-state index contributed by atoms with van der Waals surface area (Å²) in [5.41, 5.74) is 2.64. The minimum absolute atomic E-state index is 0.199. The van der Waals surface area contributed by atoms with Crippen molar-refractivity contribution in [1.82, 2.24) is 5.32 Å². The van der Waals surface area contributed by atoms with Crippen LogP contribution in [0.1, 0.15) is 17.5 Å². The van der Waals surface area contributed by atoms with E-state index >= 15 is 0 Å². The van der Waals surface area contributed by atoms with E-state index in [2.05, 4.69) is 10.6 Å². The molecule has 0 spiro atoms. The summed E-state index contributed by atoms with van der Waals surface area (Å²) in [6.45, 7) is 0.